The maximum Gasteiger partial charge on any atom is 0.358 e. The standard InChI is InChI=1S/C11H10FN3O2/c1-17-11(16)10-4-5-15(14-10)7-2-3-9(13)8(12)6-7/h2-6H,13H2,1H3. The molecule has 0 radical (unpaired) electrons. The Morgan fingerprint density at radius 2 is 2.24 bits per heavy atom. The van der Waals surface area contributed by atoms with Crippen molar-refractivity contribution in [3.63, 3.8) is 0 Å². The fourth-order valence-electron chi connectivity index (χ4n) is 1.34. The van der Waals surface area contributed by atoms with Crippen LogP contribution in [0.5, 0.6) is 0 Å². The lowest BCUT2D eigenvalue weighted by atomic mass is 10.3. The number of esters is 1. The van der Waals surface area contributed by atoms with Crippen LogP contribution < -0.4 is 5.73 Å². The molecular weight excluding hydrogens is 225 g/mol. The summed E-state index contributed by atoms with van der Waals surface area (Å²) in [5.41, 5.74) is 6.06. The second-order valence-electron chi connectivity index (χ2n) is 3.34. The summed E-state index contributed by atoms with van der Waals surface area (Å²) in [5, 5.41) is 3.96. The number of methoxy groups -OCH3 is 1. The number of hydrogen-bond acceptors (Lipinski definition) is 4. The van der Waals surface area contributed by atoms with Crippen LogP contribution in [-0.4, -0.2) is 22.9 Å². The van der Waals surface area contributed by atoms with Gasteiger partial charge in [-0.1, -0.05) is 0 Å². The van der Waals surface area contributed by atoms with E-state index in [0.717, 1.165) is 0 Å². The Labute approximate surface area is 96.6 Å². The summed E-state index contributed by atoms with van der Waals surface area (Å²) in [4.78, 5) is 11.2. The van der Waals surface area contributed by atoms with E-state index < -0.39 is 11.8 Å². The minimum atomic E-state index is -0.542. The fourth-order valence-corrected chi connectivity index (χ4v) is 1.34. The molecule has 1 aromatic heterocycles. The molecule has 1 heterocycles. The molecule has 1 aromatic carbocycles. The van der Waals surface area contributed by atoms with Gasteiger partial charge in [0.05, 0.1) is 18.5 Å². The first-order valence-corrected chi connectivity index (χ1v) is 4.81. The number of nitrogens with zero attached hydrogens (tertiary/aromatic N) is 2. The fraction of sp³-hybridized carbons (Fsp3) is 0.0909. The van der Waals surface area contributed by atoms with E-state index in [1.54, 1.807) is 6.07 Å². The first-order chi connectivity index (χ1) is 8.11. The molecule has 0 amide bonds. The molecule has 0 unspecified atom stereocenters. The average molecular weight is 235 g/mol. The Morgan fingerprint density at radius 1 is 1.47 bits per heavy atom. The molecule has 2 aromatic rings. The molecule has 0 saturated carbocycles. The van der Waals surface area contributed by atoms with Gasteiger partial charge in [-0.25, -0.2) is 13.9 Å². The summed E-state index contributed by atoms with van der Waals surface area (Å²) in [6.45, 7) is 0. The van der Waals surface area contributed by atoms with Gasteiger partial charge >= 0.3 is 5.97 Å². The summed E-state index contributed by atoms with van der Waals surface area (Å²) in [7, 11) is 1.27. The van der Waals surface area contributed by atoms with Crippen LogP contribution in [0.25, 0.3) is 5.69 Å². The van der Waals surface area contributed by atoms with Gasteiger partial charge in [-0.2, -0.15) is 5.10 Å². The lowest BCUT2D eigenvalue weighted by Crippen LogP contribution is -2.04. The smallest absolute Gasteiger partial charge is 0.358 e. The van der Waals surface area contributed by atoms with Gasteiger partial charge in [-0.3, -0.25) is 0 Å². The number of nitrogens with two attached hydrogens (primary N) is 1. The van der Waals surface area contributed by atoms with Crippen molar-refractivity contribution in [3.8, 4) is 5.69 Å². The number of anilines is 1. The highest BCUT2D eigenvalue weighted by Gasteiger charge is 2.10. The number of nitrogen functional groups attached to an aromatic ring is 1. The maximum atomic E-state index is 13.2. The highest BCUT2D eigenvalue weighted by molar-refractivity contribution is 5.86. The minimum absolute atomic E-state index is 0.0640. The van der Waals surface area contributed by atoms with E-state index >= 15 is 0 Å². The Kier molecular flexibility index (Phi) is 2.78. The van der Waals surface area contributed by atoms with Crippen LogP contribution in [0.3, 0.4) is 0 Å². The molecule has 5 nitrogen and oxygen atoms in total. The van der Waals surface area contributed by atoms with E-state index in [0.29, 0.717) is 5.69 Å². The monoisotopic (exact) mass is 235 g/mol. The van der Waals surface area contributed by atoms with E-state index in [2.05, 4.69) is 9.84 Å². The van der Waals surface area contributed by atoms with Crippen molar-refractivity contribution >= 4 is 11.7 Å². The van der Waals surface area contributed by atoms with Gasteiger partial charge in [-0.05, 0) is 18.2 Å². The zero-order valence-corrected chi connectivity index (χ0v) is 9.05. The number of rotatable bonds is 2. The second kappa shape index (κ2) is 4.25. The van der Waals surface area contributed by atoms with Crippen LogP contribution in [0.2, 0.25) is 0 Å². The van der Waals surface area contributed by atoms with Crippen molar-refractivity contribution in [3.05, 3.63) is 42.0 Å². The van der Waals surface area contributed by atoms with Crippen LogP contribution in [0, 0.1) is 5.82 Å². The summed E-state index contributed by atoms with van der Waals surface area (Å²) >= 11 is 0. The molecule has 0 aliphatic carbocycles. The van der Waals surface area contributed by atoms with Crippen LogP contribution in [0.15, 0.2) is 30.5 Å². The maximum absolute atomic E-state index is 13.2. The van der Waals surface area contributed by atoms with Crippen LogP contribution in [0.1, 0.15) is 10.5 Å². The first-order valence-electron chi connectivity index (χ1n) is 4.81. The molecule has 88 valence electrons. The van der Waals surface area contributed by atoms with Crippen molar-refractivity contribution in [2.45, 2.75) is 0 Å². The summed E-state index contributed by atoms with van der Waals surface area (Å²) in [6, 6.07) is 5.76. The van der Waals surface area contributed by atoms with Gasteiger partial charge in [0.2, 0.25) is 0 Å². The molecule has 0 spiro atoms. The van der Waals surface area contributed by atoms with E-state index in [1.165, 1.54) is 36.2 Å². The lowest BCUT2D eigenvalue weighted by molar-refractivity contribution is 0.0593. The Balaban J connectivity index is 2.37. The van der Waals surface area contributed by atoms with Crippen molar-refractivity contribution < 1.29 is 13.9 Å². The summed E-state index contributed by atoms with van der Waals surface area (Å²) in [5.74, 6) is -1.07. The van der Waals surface area contributed by atoms with Gasteiger partial charge in [0.15, 0.2) is 5.69 Å². The molecule has 0 saturated heterocycles. The number of halogens is 1. The van der Waals surface area contributed by atoms with E-state index in [1.807, 2.05) is 0 Å². The van der Waals surface area contributed by atoms with Gasteiger partial charge < -0.3 is 10.5 Å². The molecular formula is C11H10FN3O2. The van der Waals surface area contributed by atoms with Crippen molar-refractivity contribution in [1.82, 2.24) is 9.78 Å². The predicted octanol–water partition coefficient (Wildman–Crippen LogP) is 1.38. The first kappa shape index (κ1) is 11.1. The molecule has 17 heavy (non-hydrogen) atoms. The Bertz CT molecular complexity index is 566. The minimum Gasteiger partial charge on any atom is -0.464 e. The van der Waals surface area contributed by atoms with Crippen LogP contribution in [0.4, 0.5) is 10.1 Å². The Morgan fingerprint density at radius 3 is 2.88 bits per heavy atom. The average Bonchev–Trinajstić information content (AvgIpc) is 2.81. The molecule has 2 rings (SSSR count). The van der Waals surface area contributed by atoms with E-state index in [4.69, 9.17) is 5.73 Å². The topological polar surface area (TPSA) is 70.1 Å². The zero-order valence-electron chi connectivity index (χ0n) is 9.05. The van der Waals surface area contributed by atoms with Gasteiger partial charge in [0, 0.05) is 12.3 Å². The lowest BCUT2D eigenvalue weighted by Gasteiger charge is -2.02. The summed E-state index contributed by atoms with van der Waals surface area (Å²) in [6.07, 6.45) is 1.54. The molecule has 2 N–H and O–H groups in total. The molecule has 0 bridgehead atoms. The largest absolute Gasteiger partial charge is 0.464 e. The van der Waals surface area contributed by atoms with Gasteiger partial charge in [-0.15, -0.1) is 0 Å². The highest BCUT2D eigenvalue weighted by Crippen LogP contribution is 2.15. The third kappa shape index (κ3) is 2.10. The predicted molar refractivity (Wildman–Crippen MR) is 59.3 cm³/mol. The van der Waals surface area contributed by atoms with Crippen molar-refractivity contribution in [2.75, 3.05) is 12.8 Å². The number of carbonyl (C=O) groups excluding carboxylic acids is 1. The highest BCUT2D eigenvalue weighted by atomic mass is 19.1. The number of carbonyl (C=O) groups is 1. The SMILES string of the molecule is COC(=O)c1ccn(-c2ccc(N)c(F)c2)n1. The number of ether oxygens (including phenoxy) is 1. The number of aromatic nitrogens is 2. The third-order valence-electron chi connectivity index (χ3n) is 2.23. The Hall–Kier alpha value is -2.37. The van der Waals surface area contributed by atoms with E-state index in [9.17, 15) is 9.18 Å². The summed E-state index contributed by atoms with van der Waals surface area (Å²) < 4.78 is 19.1. The van der Waals surface area contributed by atoms with E-state index in [-0.39, 0.29) is 11.4 Å². The van der Waals surface area contributed by atoms with Crippen molar-refractivity contribution in [1.29, 1.82) is 0 Å². The van der Waals surface area contributed by atoms with Gasteiger partial charge in [0.25, 0.3) is 0 Å². The third-order valence-corrected chi connectivity index (χ3v) is 2.23. The zero-order chi connectivity index (χ0) is 12.4. The number of hydrogen-bond donors (Lipinski definition) is 1. The molecule has 0 aliphatic rings. The normalized spacial score (nSPS) is 10.2. The molecule has 0 atom stereocenters. The van der Waals surface area contributed by atoms with Crippen LogP contribution in [-0.2, 0) is 4.74 Å². The van der Waals surface area contributed by atoms with Gasteiger partial charge in [0.1, 0.15) is 5.82 Å². The van der Waals surface area contributed by atoms with Crippen molar-refractivity contribution in [2.24, 2.45) is 0 Å². The number of benzene rings is 1. The molecule has 0 fully saturated rings. The molecule has 6 heteroatoms. The molecule has 0 aliphatic heterocycles. The van der Waals surface area contributed by atoms with Crippen LogP contribution >= 0.6 is 0 Å². The second-order valence-corrected chi connectivity index (χ2v) is 3.34. The quantitative estimate of drug-likeness (QED) is 0.630.